The molecule has 0 amide bonds. The van der Waals surface area contributed by atoms with Crippen LogP contribution in [0.4, 0.5) is 0 Å². The van der Waals surface area contributed by atoms with E-state index in [1.165, 1.54) is 0 Å². The van der Waals surface area contributed by atoms with Crippen molar-refractivity contribution in [1.29, 1.82) is 0 Å². The van der Waals surface area contributed by atoms with Crippen LogP contribution >= 0.6 is 0 Å². The van der Waals surface area contributed by atoms with Gasteiger partial charge in [-0.15, -0.1) is 0 Å². The first-order valence-corrected chi connectivity index (χ1v) is 8.47. The van der Waals surface area contributed by atoms with E-state index in [4.69, 9.17) is 14.2 Å². The zero-order chi connectivity index (χ0) is 18.5. The second kappa shape index (κ2) is 12.4. The number of guanidine groups is 1. The van der Waals surface area contributed by atoms with E-state index >= 15 is 0 Å². The van der Waals surface area contributed by atoms with Crippen LogP contribution < -0.4 is 20.1 Å². The van der Waals surface area contributed by atoms with Crippen LogP contribution in [0.5, 0.6) is 11.5 Å². The first kappa shape index (κ1) is 21.1. The molecule has 0 radical (unpaired) electrons. The number of hydrogen-bond acceptors (Lipinski definition) is 5. The van der Waals surface area contributed by atoms with E-state index in [1.54, 1.807) is 28.4 Å². The average Bonchev–Trinajstić information content (AvgIpc) is 2.65. The molecule has 0 heterocycles. The highest BCUT2D eigenvalue weighted by atomic mass is 16.5. The Bertz CT molecular complexity index is 523. The number of nitrogens with one attached hydrogen (secondary N) is 2. The van der Waals surface area contributed by atoms with Crippen molar-refractivity contribution in [2.45, 2.75) is 13.0 Å². The largest absolute Gasteiger partial charge is 0.493 e. The quantitative estimate of drug-likeness (QED) is 0.356. The van der Waals surface area contributed by atoms with Crippen molar-refractivity contribution in [1.82, 2.24) is 15.5 Å². The molecule has 0 aliphatic rings. The maximum atomic E-state index is 5.33. The summed E-state index contributed by atoms with van der Waals surface area (Å²) in [5.74, 6) is 2.24. The van der Waals surface area contributed by atoms with E-state index in [9.17, 15) is 0 Å². The monoisotopic (exact) mass is 352 g/mol. The lowest BCUT2D eigenvalue weighted by atomic mass is 10.2. The number of nitrogens with zero attached hydrogens (tertiary/aromatic N) is 2. The molecule has 1 rings (SSSR count). The van der Waals surface area contributed by atoms with E-state index in [2.05, 4.69) is 27.6 Å². The molecule has 2 N–H and O–H groups in total. The molecule has 0 aliphatic carbocycles. The summed E-state index contributed by atoms with van der Waals surface area (Å²) in [7, 11) is 8.87. The highest BCUT2D eigenvalue weighted by Crippen LogP contribution is 2.27. The van der Waals surface area contributed by atoms with Gasteiger partial charge in [-0.3, -0.25) is 4.99 Å². The molecule has 7 heteroatoms. The summed E-state index contributed by atoms with van der Waals surface area (Å²) in [6.07, 6.45) is 1.04. The lowest BCUT2D eigenvalue weighted by molar-refractivity contribution is 0.161. The van der Waals surface area contributed by atoms with Crippen molar-refractivity contribution < 1.29 is 14.2 Å². The summed E-state index contributed by atoms with van der Waals surface area (Å²) in [4.78, 5) is 6.51. The molecule has 1 aromatic rings. The second-order valence-electron chi connectivity index (χ2n) is 5.69. The fraction of sp³-hybridized carbons (Fsp3) is 0.611. The lowest BCUT2D eigenvalue weighted by Gasteiger charge is -2.17. The molecule has 0 aromatic heterocycles. The maximum Gasteiger partial charge on any atom is 0.191 e. The van der Waals surface area contributed by atoms with E-state index in [0.717, 1.165) is 55.7 Å². The molecule has 0 saturated heterocycles. The minimum Gasteiger partial charge on any atom is -0.493 e. The van der Waals surface area contributed by atoms with Gasteiger partial charge in [0.1, 0.15) is 0 Å². The highest BCUT2D eigenvalue weighted by Gasteiger charge is 2.05. The van der Waals surface area contributed by atoms with E-state index in [0.29, 0.717) is 6.54 Å². The number of ether oxygens (including phenoxy) is 3. The van der Waals surface area contributed by atoms with Gasteiger partial charge in [-0.05, 0) is 37.7 Å². The Balaban J connectivity index is 2.35. The van der Waals surface area contributed by atoms with Crippen LogP contribution in [0.25, 0.3) is 0 Å². The van der Waals surface area contributed by atoms with Gasteiger partial charge in [0.2, 0.25) is 0 Å². The number of benzene rings is 1. The summed E-state index contributed by atoms with van der Waals surface area (Å²) in [6.45, 7) is 4.25. The second-order valence-corrected chi connectivity index (χ2v) is 5.69. The van der Waals surface area contributed by atoms with Gasteiger partial charge in [0, 0.05) is 33.8 Å². The first-order chi connectivity index (χ1) is 12.1. The minimum absolute atomic E-state index is 0.660. The molecule has 0 fully saturated rings. The topological polar surface area (TPSA) is 67.4 Å². The molecule has 0 aliphatic heterocycles. The SMILES string of the molecule is CN=C(NCCCN(C)CCOC)NCc1ccc(OC)c(OC)c1. The zero-order valence-corrected chi connectivity index (χ0v) is 16.1. The van der Waals surface area contributed by atoms with Gasteiger partial charge in [0.15, 0.2) is 17.5 Å². The van der Waals surface area contributed by atoms with Crippen LogP contribution in [0.15, 0.2) is 23.2 Å². The third kappa shape index (κ3) is 8.09. The fourth-order valence-electron chi connectivity index (χ4n) is 2.31. The van der Waals surface area contributed by atoms with Gasteiger partial charge >= 0.3 is 0 Å². The predicted octanol–water partition coefficient (Wildman–Crippen LogP) is 1.34. The fourth-order valence-corrected chi connectivity index (χ4v) is 2.31. The molecule has 0 atom stereocenters. The van der Waals surface area contributed by atoms with Crippen molar-refractivity contribution in [2.24, 2.45) is 4.99 Å². The highest BCUT2D eigenvalue weighted by molar-refractivity contribution is 5.79. The Morgan fingerprint density at radius 2 is 1.84 bits per heavy atom. The molecule has 0 spiro atoms. The molecule has 142 valence electrons. The number of methoxy groups -OCH3 is 3. The Labute approximate surface area is 151 Å². The molecule has 7 nitrogen and oxygen atoms in total. The molecule has 0 saturated carbocycles. The number of likely N-dealkylation sites (N-methyl/N-ethyl adjacent to an activating group) is 1. The Morgan fingerprint density at radius 3 is 2.48 bits per heavy atom. The predicted molar refractivity (Wildman–Crippen MR) is 102 cm³/mol. The van der Waals surface area contributed by atoms with Crippen LogP contribution in [0.1, 0.15) is 12.0 Å². The number of hydrogen-bond donors (Lipinski definition) is 2. The van der Waals surface area contributed by atoms with Crippen molar-refractivity contribution in [3.8, 4) is 11.5 Å². The van der Waals surface area contributed by atoms with Crippen LogP contribution in [0.2, 0.25) is 0 Å². The molecule has 0 unspecified atom stereocenters. The van der Waals surface area contributed by atoms with Crippen molar-refractivity contribution in [3.63, 3.8) is 0 Å². The lowest BCUT2D eigenvalue weighted by Crippen LogP contribution is -2.38. The summed E-state index contributed by atoms with van der Waals surface area (Å²) in [6, 6.07) is 5.87. The number of rotatable bonds is 11. The van der Waals surface area contributed by atoms with E-state index in [1.807, 2.05) is 18.2 Å². The standard InChI is InChI=1S/C18H32N4O3/c1-19-18(20-9-6-10-22(2)11-12-23-3)21-14-15-7-8-16(24-4)17(13-15)25-5/h7-8,13H,6,9-12,14H2,1-5H3,(H2,19,20,21). The zero-order valence-electron chi connectivity index (χ0n) is 16.1. The van der Waals surface area contributed by atoms with Crippen LogP contribution in [0, 0.1) is 0 Å². The Hall–Kier alpha value is -1.99. The third-order valence-electron chi connectivity index (χ3n) is 3.82. The van der Waals surface area contributed by atoms with Gasteiger partial charge in [0.05, 0.1) is 20.8 Å². The van der Waals surface area contributed by atoms with Gasteiger partial charge in [-0.1, -0.05) is 6.07 Å². The molecule has 1 aromatic carbocycles. The van der Waals surface area contributed by atoms with E-state index < -0.39 is 0 Å². The molecular formula is C18H32N4O3. The van der Waals surface area contributed by atoms with Gasteiger partial charge in [-0.2, -0.15) is 0 Å². The Morgan fingerprint density at radius 1 is 1.08 bits per heavy atom. The summed E-state index contributed by atoms with van der Waals surface area (Å²) >= 11 is 0. The molecular weight excluding hydrogens is 320 g/mol. The van der Waals surface area contributed by atoms with Gasteiger partial charge in [-0.25, -0.2) is 0 Å². The smallest absolute Gasteiger partial charge is 0.191 e. The van der Waals surface area contributed by atoms with Gasteiger partial charge < -0.3 is 29.7 Å². The van der Waals surface area contributed by atoms with Crippen LogP contribution in [-0.4, -0.2) is 72.5 Å². The van der Waals surface area contributed by atoms with Crippen LogP contribution in [0.3, 0.4) is 0 Å². The molecule has 0 bridgehead atoms. The third-order valence-corrected chi connectivity index (χ3v) is 3.82. The number of aliphatic imine (C=N–C) groups is 1. The van der Waals surface area contributed by atoms with Gasteiger partial charge in [0.25, 0.3) is 0 Å². The average molecular weight is 352 g/mol. The van der Waals surface area contributed by atoms with Crippen LogP contribution in [-0.2, 0) is 11.3 Å². The van der Waals surface area contributed by atoms with Crippen molar-refractivity contribution >= 4 is 5.96 Å². The van der Waals surface area contributed by atoms with E-state index in [-0.39, 0.29) is 0 Å². The summed E-state index contributed by atoms with van der Waals surface area (Å²) in [5, 5.41) is 6.63. The maximum absolute atomic E-state index is 5.33. The Kier molecular flexibility index (Phi) is 10.4. The first-order valence-electron chi connectivity index (χ1n) is 8.47. The summed E-state index contributed by atoms with van der Waals surface area (Å²) in [5.41, 5.74) is 1.10. The van der Waals surface area contributed by atoms with Crippen molar-refractivity contribution in [3.05, 3.63) is 23.8 Å². The molecule has 25 heavy (non-hydrogen) atoms. The minimum atomic E-state index is 0.660. The van der Waals surface area contributed by atoms with Crippen molar-refractivity contribution in [2.75, 3.05) is 61.7 Å². The summed E-state index contributed by atoms with van der Waals surface area (Å²) < 4.78 is 15.7. The normalized spacial score (nSPS) is 11.5.